The first-order chi connectivity index (χ1) is 8.93. The molecule has 1 aromatic heterocycles. The van der Waals surface area contributed by atoms with E-state index < -0.39 is 5.97 Å². The molecular formula is C15H22N2O2. The summed E-state index contributed by atoms with van der Waals surface area (Å²) in [6, 6.07) is 0. The Hall–Kier alpha value is -1.45. The summed E-state index contributed by atoms with van der Waals surface area (Å²) >= 11 is 0. The Bertz CT molecular complexity index is 473. The van der Waals surface area contributed by atoms with Crippen LogP contribution >= 0.6 is 0 Å². The Morgan fingerprint density at radius 2 is 2.05 bits per heavy atom. The van der Waals surface area contributed by atoms with E-state index in [1.165, 1.54) is 19.0 Å². The minimum Gasteiger partial charge on any atom is -0.478 e. The number of carboxylic acid groups (broad SMARTS) is 1. The van der Waals surface area contributed by atoms with E-state index in [1.54, 1.807) is 0 Å². The van der Waals surface area contributed by atoms with Crippen molar-refractivity contribution < 1.29 is 9.90 Å². The molecule has 0 bridgehead atoms. The molecule has 0 amide bonds. The van der Waals surface area contributed by atoms with E-state index in [4.69, 9.17) is 5.11 Å². The Labute approximate surface area is 114 Å². The van der Waals surface area contributed by atoms with Crippen LogP contribution in [0.2, 0.25) is 0 Å². The average Bonchev–Trinajstić information content (AvgIpc) is 2.37. The van der Waals surface area contributed by atoms with Crippen molar-refractivity contribution in [2.24, 2.45) is 5.41 Å². The number of aromatic nitrogens is 2. The molecular weight excluding hydrogens is 240 g/mol. The highest BCUT2D eigenvalue weighted by Crippen LogP contribution is 2.41. The minimum absolute atomic E-state index is 0.238. The van der Waals surface area contributed by atoms with Gasteiger partial charge in [0.2, 0.25) is 0 Å². The van der Waals surface area contributed by atoms with Crippen LogP contribution in [0.15, 0.2) is 6.20 Å². The summed E-state index contributed by atoms with van der Waals surface area (Å²) in [5, 5.41) is 9.09. The lowest BCUT2D eigenvalue weighted by molar-refractivity contribution is 0.0694. The Balaban J connectivity index is 2.20. The monoisotopic (exact) mass is 262 g/mol. The predicted molar refractivity (Wildman–Crippen MR) is 73.4 cm³/mol. The van der Waals surface area contributed by atoms with Gasteiger partial charge in [-0.25, -0.2) is 14.8 Å². The molecule has 0 radical (unpaired) electrons. The van der Waals surface area contributed by atoms with Gasteiger partial charge >= 0.3 is 5.97 Å². The summed E-state index contributed by atoms with van der Waals surface area (Å²) < 4.78 is 0. The van der Waals surface area contributed by atoms with Crippen LogP contribution in [-0.2, 0) is 6.42 Å². The summed E-state index contributed by atoms with van der Waals surface area (Å²) in [7, 11) is 0. The van der Waals surface area contributed by atoms with Crippen molar-refractivity contribution in [3.05, 3.63) is 23.3 Å². The molecule has 1 heterocycles. The average molecular weight is 262 g/mol. The van der Waals surface area contributed by atoms with Crippen molar-refractivity contribution in [3.63, 3.8) is 0 Å². The molecule has 0 spiro atoms. The van der Waals surface area contributed by atoms with E-state index in [0.717, 1.165) is 18.7 Å². The standard InChI is InChI=1S/C15H22N2O2/c1-4-12-11(14(18)19)9-16-13(17-12)10-5-7-15(2,3)8-6-10/h9-10H,4-8H2,1-3H3,(H,18,19). The maximum Gasteiger partial charge on any atom is 0.339 e. The number of hydrogen-bond acceptors (Lipinski definition) is 3. The van der Waals surface area contributed by atoms with Crippen LogP contribution in [0.1, 0.15) is 74.2 Å². The van der Waals surface area contributed by atoms with Crippen LogP contribution in [-0.4, -0.2) is 21.0 Å². The molecule has 0 unspecified atom stereocenters. The first kappa shape index (κ1) is 14.0. The molecule has 1 aliphatic rings. The number of carboxylic acids is 1. The van der Waals surface area contributed by atoms with Gasteiger partial charge in [0.05, 0.1) is 11.3 Å². The predicted octanol–water partition coefficient (Wildman–Crippen LogP) is 3.42. The van der Waals surface area contributed by atoms with Gasteiger partial charge in [-0.05, 0) is 37.5 Å². The highest BCUT2D eigenvalue weighted by atomic mass is 16.4. The first-order valence-electron chi connectivity index (χ1n) is 7.02. The number of nitrogens with zero attached hydrogens (tertiary/aromatic N) is 2. The molecule has 1 N–H and O–H groups in total. The number of rotatable bonds is 3. The van der Waals surface area contributed by atoms with Gasteiger partial charge in [-0.3, -0.25) is 0 Å². The lowest BCUT2D eigenvalue weighted by Crippen LogP contribution is -2.22. The number of aryl methyl sites for hydroxylation is 1. The molecule has 4 nitrogen and oxygen atoms in total. The molecule has 4 heteroatoms. The molecule has 0 aromatic carbocycles. The van der Waals surface area contributed by atoms with E-state index in [2.05, 4.69) is 23.8 Å². The Morgan fingerprint density at radius 3 is 2.58 bits per heavy atom. The zero-order valence-electron chi connectivity index (χ0n) is 11.9. The molecule has 1 aliphatic carbocycles. The fraction of sp³-hybridized carbons (Fsp3) is 0.667. The fourth-order valence-corrected chi connectivity index (χ4v) is 2.73. The van der Waals surface area contributed by atoms with Crippen LogP contribution < -0.4 is 0 Å². The molecule has 0 saturated heterocycles. The van der Waals surface area contributed by atoms with Crippen molar-refractivity contribution in [2.75, 3.05) is 0 Å². The Morgan fingerprint density at radius 1 is 1.42 bits per heavy atom. The van der Waals surface area contributed by atoms with E-state index in [9.17, 15) is 4.79 Å². The first-order valence-corrected chi connectivity index (χ1v) is 7.02. The zero-order valence-corrected chi connectivity index (χ0v) is 11.9. The topological polar surface area (TPSA) is 63.1 Å². The van der Waals surface area contributed by atoms with Crippen molar-refractivity contribution in [2.45, 2.75) is 58.8 Å². The van der Waals surface area contributed by atoms with Gasteiger partial charge in [0.15, 0.2) is 0 Å². The van der Waals surface area contributed by atoms with E-state index in [-0.39, 0.29) is 5.56 Å². The van der Waals surface area contributed by atoms with Gasteiger partial charge < -0.3 is 5.11 Å². The second-order valence-electron chi connectivity index (χ2n) is 6.19. The third-order valence-corrected chi connectivity index (χ3v) is 4.16. The SMILES string of the molecule is CCc1nc(C2CCC(C)(C)CC2)ncc1C(=O)O. The van der Waals surface area contributed by atoms with E-state index >= 15 is 0 Å². The maximum atomic E-state index is 11.1. The van der Waals surface area contributed by atoms with Gasteiger partial charge in [-0.15, -0.1) is 0 Å². The quantitative estimate of drug-likeness (QED) is 0.906. The molecule has 104 valence electrons. The summed E-state index contributed by atoms with van der Waals surface area (Å²) in [6.45, 7) is 6.53. The van der Waals surface area contributed by atoms with Gasteiger partial charge in [0.1, 0.15) is 5.82 Å². The van der Waals surface area contributed by atoms with Gasteiger partial charge in [-0.1, -0.05) is 20.8 Å². The normalized spacial score (nSPS) is 19.3. The molecule has 0 atom stereocenters. The summed E-state index contributed by atoms with van der Waals surface area (Å²) in [5.74, 6) is 0.284. The molecule has 1 aromatic rings. The van der Waals surface area contributed by atoms with Gasteiger partial charge in [-0.2, -0.15) is 0 Å². The zero-order chi connectivity index (χ0) is 14.0. The third kappa shape index (κ3) is 3.11. The molecule has 1 saturated carbocycles. The molecule has 2 rings (SSSR count). The lowest BCUT2D eigenvalue weighted by atomic mass is 9.73. The molecule has 1 fully saturated rings. The van der Waals surface area contributed by atoms with Crippen LogP contribution in [0, 0.1) is 5.41 Å². The third-order valence-electron chi connectivity index (χ3n) is 4.16. The summed E-state index contributed by atoms with van der Waals surface area (Å²) in [4.78, 5) is 19.9. The fourth-order valence-electron chi connectivity index (χ4n) is 2.73. The van der Waals surface area contributed by atoms with Crippen LogP contribution in [0.5, 0.6) is 0 Å². The molecule has 19 heavy (non-hydrogen) atoms. The summed E-state index contributed by atoms with van der Waals surface area (Å²) in [5.41, 5.74) is 1.31. The molecule has 0 aliphatic heterocycles. The van der Waals surface area contributed by atoms with Crippen LogP contribution in [0.4, 0.5) is 0 Å². The Kier molecular flexibility index (Phi) is 3.88. The smallest absolute Gasteiger partial charge is 0.339 e. The van der Waals surface area contributed by atoms with Crippen molar-refractivity contribution in [3.8, 4) is 0 Å². The largest absolute Gasteiger partial charge is 0.478 e. The number of aromatic carboxylic acids is 1. The number of carbonyl (C=O) groups is 1. The van der Waals surface area contributed by atoms with Crippen molar-refractivity contribution in [1.29, 1.82) is 0 Å². The van der Waals surface area contributed by atoms with E-state index in [1.807, 2.05) is 6.92 Å². The second-order valence-corrected chi connectivity index (χ2v) is 6.19. The lowest BCUT2D eigenvalue weighted by Gasteiger charge is -2.33. The van der Waals surface area contributed by atoms with Gasteiger partial charge in [0.25, 0.3) is 0 Å². The second kappa shape index (κ2) is 5.27. The van der Waals surface area contributed by atoms with Crippen LogP contribution in [0.25, 0.3) is 0 Å². The van der Waals surface area contributed by atoms with E-state index in [0.29, 0.717) is 23.4 Å². The highest BCUT2D eigenvalue weighted by molar-refractivity contribution is 5.88. The van der Waals surface area contributed by atoms with Crippen molar-refractivity contribution >= 4 is 5.97 Å². The van der Waals surface area contributed by atoms with Gasteiger partial charge in [0, 0.05) is 12.1 Å². The minimum atomic E-state index is -0.937. The van der Waals surface area contributed by atoms with Crippen molar-refractivity contribution in [1.82, 2.24) is 9.97 Å². The summed E-state index contributed by atoms with van der Waals surface area (Å²) in [6.07, 6.45) is 6.68. The highest BCUT2D eigenvalue weighted by Gasteiger charge is 2.29. The van der Waals surface area contributed by atoms with Crippen LogP contribution in [0.3, 0.4) is 0 Å². The maximum absolute atomic E-state index is 11.1. The number of hydrogen-bond donors (Lipinski definition) is 1.